The highest BCUT2D eigenvalue weighted by Gasteiger charge is 2.30. The van der Waals surface area contributed by atoms with Crippen LogP contribution in [0, 0.1) is 0 Å². The van der Waals surface area contributed by atoms with E-state index in [0.717, 1.165) is 13.0 Å². The molecule has 0 spiro atoms. The van der Waals surface area contributed by atoms with Crippen LogP contribution in [0.4, 0.5) is 4.79 Å². The quantitative estimate of drug-likeness (QED) is 0.770. The van der Waals surface area contributed by atoms with Crippen molar-refractivity contribution in [3.63, 3.8) is 0 Å². The molecule has 1 unspecified atom stereocenters. The maximum absolute atomic E-state index is 12.0. The van der Waals surface area contributed by atoms with Crippen molar-refractivity contribution in [2.24, 2.45) is 0 Å². The fraction of sp³-hybridized carbons (Fsp3) is 0.615. The molecule has 0 aromatic carbocycles. The molecular weight excluding hydrogens is 232 g/mol. The molecule has 1 aliphatic rings. The van der Waals surface area contributed by atoms with Crippen LogP contribution in [0.3, 0.4) is 0 Å². The molecule has 0 aliphatic carbocycles. The van der Waals surface area contributed by atoms with Crippen LogP contribution >= 0.6 is 0 Å². The van der Waals surface area contributed by atoms with Crippen molar-refractivity contribution in [1.82, 2.24) is 9.47 Å². The molecule has 0 saturated carbocycles. The summed E-state index contributed by atoms with van der Waals surface area (Å²) in [6.07, 6.45) is 2.71. The van der Waals surface area contributed by atoms with E-state index in [2.05, 4.69) is 23.8 Å². The lowest BCUT2D eigenvalue weighted by molar-refractivity contribution is 0.0531. The van der Waals surface area contributed by atoms with Gasteiger partial charge in [-0.3, -0.25) is 4.90 Å². The molecular formula is C13H20N2O3. The summed E-state index contributed by atoms with van der Waals surface area (Å²) >= 11 is 0. The summed E-state index contributed by atoms with van der Waals surface area (Å²) in [5.41, 5.74) is 1.19. The Bertz CT molecular complexity index is 403. The third-order valence-corrected chi connectivity index (χ3v) is 3.30. The second-order valence-electron chi connectivity index (χ2n) is 4.35. The summed E-state index contributed by atoms with van der Waals surface area (Å²) in [7, 11) is 1.59. The van der Waals surface area contributed by atoms with Gasteiger partial charge in [-0.2, -0.15) is 0 Å². The van der Waals surface area contributed by atoms with Gasteiger partial charge in [0.2, 0.25) is 0 Å². The third kappa shape index (κ3) is 2.51. The standard InChI is InChI=1S/C13H20N2O3/c1-3-11-12-5-4-6-14(12)7-8-15(11)13(16)18-10-9-17-2/h4-6,11H,3,7-10H2,1-2H3. The van der Waals surface area contributed by atoms with E-state index in [4.69, 9.17) is 9.47 Å². The van der Waals surface area contributed by atoms with E-state index in [-0.39, 0.29) is 12.1 Å². The summed E-state index contributed by atoms with van der Waals surface area (Å²) in [5.74, 6) is 0. The maximum Gasteiger partial charge on any atom is 0.410 e. The molecule has 0 bridgehead atoms. The number of ether oxygens (including phenoxy) is 2. The van der Waals surface area contributed by atoms with E-state index in [9.17, 15) is 4.79 Å². The Kier molecular flexibility index (Phi) is 4.25. The van der Waals surface area contributed by atoms with Crippen LogP contribution in [0.5, 0.6) is 0 Å². The van der Waals surface area contributed by atoms with Crippen LogP contribution in [-0.4, -0.2) is 42.4 Å². The Morgan fingerprint density at radius 3 is 3.00 bits per heavy atom. The normalized spacial score (nSPS) is 18.6. The Labute approximate surface area is 107 Å². The van der Waals surface area contributed by atoms with E-state index in [1.807, 2.05) is 11.0 Å². The highest BCUT2D eigenvalue weighted by atomic mass is 16.6. The van der Waals surface area contributed by atoms with Crippen LogP contribution in [0.25, 0.3) is 0 Å². The number of hydrogen-bond acceptors (Lipinski definition) is 3. The fourth-order valence-corrected chi connectivity index (χ4v) is 2.41. The van der Waals surface area contributed by atoms with Gasteiger partial charge in [0.05, 0.1) is 12.6 Å². The molecule has 1 atom stereocenters. The first-order valence-electron chi connectivity index (χ1n) is 6.35. The molecule has 100 valence electrons. The Balaban J connectivity index is 2.03. The zero-order chi connectivity index (χ0) is 13.0. The lowest BCUT2D eigenvalue weighted by atomic mass is 10.1. The predicted molar refractivity (Wildman–Crippen MR) is 67.4 cm³/mol. The van der Waals surface area contributed by atoms with E-state index in [1.54, 1.807) is 7.11 Å². The number of rotatable bonds is 4. The highest BCUT2D eigenvalue weighted by molar-refractivity contribution is 5.68. The molecule has 2 rings (SSSR count). The molecule has 1 aromatic rings. The van der Waals surface area contributed by atoms with Gasteiger partial charge in [0.15, 0.2) is 0 Å². The van der Waals surface area contributed by atoms with Gasteiger partial charge in [-0.15, -0.1) is 0 Å². The predicted octanol–water partition coefficient (Wildman–Crippen LogP) is 2.04. The summed E-state index contributed by atoms with van der Waals surface area (Å²) < 4.78 is 12.3. The first kappa shape index (κ1) is 13.0. The molecule has 0 N–H and O–H groups in total. The van der Waals surface area contributed by atoms with E-state index >= 15 is 0 Å². The van der Waals surface area contributed by atoms with Crippen LogP contribution < -0.4 is 0 Å². The van der Waals surface area contributed by atoms with E-state index in [1.165, 1.54) is 5.69 Å². The molecule has 0 radical (unpaired) electrons. The lowest BCUT2D eigenvalue weighted by Gasteiger charge is -2.35. The second-order valence-corrected chi connectivity index (χ2v) is 4.35. The van der Waals surface area contributed by atoms with Gasteiger partial charge in [-0.1, -0.05) is 6.92 Å². The van der Waals surface area contributed by atoms with Gasteiger partial charge in [0.1, 0.15) is 6.61 Å². The number of carbonyl (C=O) groups is 1. The van der Waals surface area contributed by atoms with Crippen LogP contribution in [-0.2, 0) is 16.0 Å². The van der Waals surface area contributed by atoms with Crippen molar-refractivity contribution in [3.05, 3.63) is 24.0 Å². The van der Waals surface area contributed by atoms with Crippen LogP contribution in [0.2, 0.25) is 0 Å². The topological polar surface area (TPSA) is 43.7 Å². The molecule has 18 heavy (non-hydrogen) atoms. The summed E-state index contributed by atoms with van der Waals surface area (Å²) in [6.45, 7) is 4.36. The first-order chi connectivity index (χ1) is 8.77. The molecule has 5 nitrogen and oxygen atoms in total. The number of aromatic nitrogens is 1. The Hall–Kier alpha value is -1.49. The zero-order valence-electron chi connectivity index (χ0n) is 11.0. The zero-order valence-corrected chi connectivity index (χ0v) is 11.0. The Morgan fingerprint density at radius 1 is 1.44 bits per heavy atom. The maximum atomic E-state index is 12.0. The number of carbonyl (C=O) groups excluding carboxylic acids is 1. The van der Waals surface area contributed by atoms with E-state index in [0.29, 0.717) is 19.8 Å². The van der Waals surface area contributed by atoms with Gasteiger partial charge in [0, 0.05) is 32.1 Å². The monoisotopic (exact) mass is 252 g/mol. The van der Waals surface area contributed by atoms with Gasteiger partial charge in [-0.05, 0) is 18.6 Å². The van der Waals surface area contributed by atoms with Crippen molar-refractivity contribution < 1.29 is 14.3 Å². The summed E-state index contributed by atoms with van der Waals surface area (Å²) in [6, 6.07) is 4.21. The van der Waals surface area contributed by atoms with Crippen molar-refractivity contribution in [1.29, 1.82) is 0 Å². The van der Waals surface area contributed by atoms with Gasteiger partial charge >= 0.3 is 6.09 Å². The molecule has 1 aliphatic heterocycles. The fourth-order valence-electron chi connectivity index (χ4n) is 2.41. The number of amides is 1. The van der Waals surface area contributed by atoms with Gasteiger partial charge in [0.25, 0.3) is 0 Å². The van der Waals surface area contributed by atoms with Crippen molar-refractivity contribution in [3.8, 4) is 0 Å². The molecule has 2 heterocycles. The number of methoxy groups -OCH3 is 1. The lowest BCUT2D eigenvalue weighted by Crippen LogP contribution is -2.42. The molecule has 1 aromatic heterocycles. The number of fused-ring (bicyclic) bond motifs is 1. The summed E-state index contributed by atoms with van der Waals surface area (Å²) in [4.78, 5) is 13.8. The van der Waals surface area contributed by atoms with Crippen molar-refractivity contribution in [2.45, 2.75) is 25.9 Å². The van der Waals surface area contributed by atoms with Crippen LogP contribution in [0.15, 0.2) is 18.3 Å². The summed E-state index contributed by atoms with van der Waals surface area (Å²) in [5, 5.41) is 0. The minimum atomic E-state index is -0.244. The van der Waals surface area contributed by atoms with Crippen molar-refractivity contribution >= 4 is 6.09 Å². The average molecular weight is 252 g/mol. The minimum absolute atomic E-state index is 0.115. The van der Waals surface area contributed by atoms with Crippen molar-refractivity contribution in [2.75, 3.05) is 26.9 Å². The Morgan fingerprint density at radius 2 is 2.28 bits per heavy atom. The largest absolute Gasteiger partial charge is 0.447 e. The van der Waals surface area contributed by atoms with Gasteiger partial charge in [-0.25, -0.2) is 4.79 Å². The second kappa shape index (κ2) is 5.91. The minimum Gasteiger partial charge on any atom is -0.447 e. The van der Waals surface area contributed by atoms with Crippen LogP contribution in [0.1, 0.15) is 25.1 Å². The smallest absolute Gasteiger partial charge is 0.410 e. The van der Waals surface area contributed by atoms with E-state index < -0.39 is 0 Å². The molecule has 5 heteroatoms. The molecule has 0 saturated heterocycles. The van der Waals surface area contributed by atoms with Gasteiger partial charge < -0.3 is 14.0 Å². The molecule has 1 amide bonds. The molecule has 0 fully saturated rings. The number of hydrogen-bond donors (Lipinski definition) is 0. The average Bonchev–Trinajstić information content (AvgIpc) is 2.85. The third-order valence-electron chi connectivity index (χ3n) is 3.30. The SMILES string of the molecule is CCC1c2cccn2CCN1C(=O)OCCOC. The number of nitrogens with zero attached hydrogens (tertiary/aromatic N) is 2. The highest BCUT2D eigenvalue weighted by Crippen LogP contribution is 2.28. The first-order valence-corrected chi connectivity index (χ1v) is 6.35.